The lowest BCUT2D eigenvalue weighted by atomic mass is 9.79. The van der Waals surface area contributed by atoms with Crippen LogP contribution in [0.3, 0.4) is 0 Å². The van der Waals surface area contributed by atoms with Gasteiger partial charge in [-0.1, -0.05) is 83.1 Å². The van der Waals surface area contributed by atoms with Crippen molar-refractivity contribution in [2.75, 3.05) is 38.2 Å². The van der Waals surface area contributed by atoms with Gasteiger partial charge in [-0.05, 0) is 77.7 Å². The highest BCUT2D eigenvalue weighted by atomic mass is 32.2. The molecule has 2 aromatic carbocycles. The van der Waals surface area contributed by atoms with E-state index >= 15 is 0 Å². The maximum Gasteiger partial charge on any atom is 0.433 e. The van der Waals surface area contributed by atoms with Crippen molar-refractivity contribution in [3.05, 3.63) is 64.5 Å². The minimum atomic E-state index is -4.55. The van der Waals surface area contributed by atoms with E-state index in [1.807, 2.05) is 28.4 Å². The largest absolute Gasteiger partial charge is 0.507 e. The second-order valence-corrected chi connectivity index (χ2v) is 23.0. The molecule has 0 saturated carbocycles. The Balaban J connectivity index is 1.46. The van der Waals surface area contributed by atoms with E-state index in [4.69, 9.17) is 4.74 Å². The predicted molar refractivity (Wildman–Crippen MR) is 228 cm³/mol. The van der Waals surface area contributed by atoms with Gasteiger partial charge in [0.05, 0.1) is 11.2 Å². The maximum atomic E-state index is 14.1. The minimum Gasteiger partial charge on any atom is -0.507 e. The van der Waals surface area contributed by atoms with Crippen LogP contribution in [0.25, 0.3) is 0 Å². The number of alkyl halides is 3. The van der Waals surface area contributed by atoms with Gasteiger partial charge in [0, 0.05) is 70.3 Å². The lowest BCUT2D eigenvalue weighted by molar-refractivity contribution is -0.141. The fraction of sp³-hybridized carbons (Fsp3) is 0.622. The fourth-order valence-electron chi connectivity index (χ4n) is 7.77. The summed E-state index contributed by atoms with van der Waals surface area (Å²) in [6.45, 7) is 28.1. The number of piperidine rings is 2. The molecule has 1 amide bonds. The first-order valence-corrected chi connectivity index (χ1v) is 21.7. The molecule has 7 nitrogen and oxygen atoms in total. The number of ether oxygens (including phenoxy) is 1. The number of carbonyl (C=O) groups excluding carboxylic acids is 1. The number of rotatable bonds is 7. The number of benzene rings is 2. The minimum absolute atomic E-state index is 0.0498. The van der Waals surface area contributed by atoms with Crippen LogP contribution in [0.1, 0.15) is 137 Å². The molecule has 3 aromatic rings. The molecule has 2 aliphatic rings. The van der Waals surface area contributed by atoms with Crippen molar-refractivity contribution in [2.45, 2.75) is 150 Å². The lowest BCUT2D eigenvalue weighted by Gasteiger charge is -2.43. The smallest absolute Gasteiger partial charge is 0.433 e. The molecule has 0 atom stereocenters. The number of likely N-dealkylation sites (tertiary alicyclic amines) is 1. The highest BCUT2D eigenvalue weighted by molar-refractivity contribution is 8.18. The van der Waals surface area contributed by atoms with Gasteiger partial charge in [0.15, 0.2) is 0 Å². The van der Waals surface area contributed by atoms with Crippen molar-refractivity contribution in [2.24, 2.45) is 5.92 Å². The Morgan fingerprint density at radius 3 is 1.60 bits per heavy atom. The third kappa shape index (κ3) is 10.4. The molecule has 12 heteroatoms. The number of anilines is 1. The number of hydrogen-bond donors (Lipinski definition) is 1. The Morgan fingerprint density at radius 2 is 1.19 bits per heavy atom. The predicted octanol–water partition coefficient (Wildman–Crippen LogP) is 11.5. The molecule has 2 fully saturated rings. The van der Waals surface area contributed by atoms with E-state index in [9.17, 15) is 23.1 Å². The Morgan fingerprint density at radius 1 is 0.754 bits per heavy atom. The van der Waals surface area contributed by atoms with E-state index in [1.54, 1.807) is 12.0 Å². The van der Waals surface area contributed by atoms with Gasteiger partial charge >= 0.3 is 6.18 Å². The number of phenolic OH excluding ortho intramolecular Hbond substituents is 1. The molecule has 0 aliphatic carbocycles. The van der Waals surface area contributed by atoms with Crippen molar-refractivity contribution in [1.82, 2.24) is 14.9 Å². The number of halogens is 3. The monoisotopic (exact) mass is 828 g/mol. The van der Waals surface area contributed by atoms with Gasteiger partial charge in [0.2, 0.25) is 11.9 Å². The van der Waals surface area contributed by atoms with Crippen molar-refractivity contribution < 1.29 is 27.8 Å². The zero-order valence-electron chi connectivity index (χ0n) is 36.2. The van der Waals surface area contributed by atoms with Gasteiger partial charge in [-0.15, -0.1) is 23.5 Å². The summed E-state index contributed by atoms with van der Waals surface area (Å²) in [5.41, 5.74) is 2.30. The molecule has 1 aromatic heterocycles. The van der Waals surface area contributed by atoms with E-state index < -0.39 is 11.9 Å². The Hall–Kier alpha value is -3.12. The quantitative estimate of drug-likeness (QED) is 0.236. The molecule has 0 spiro atoms. The Bertz CT molecular complexity index is 1850. The van der Waals surface area contributed by atoms with Crippen LogP contribution in [-0.2, 0) is 32.6 Å². The van der Waals surface area contributed by atoms with Crippen LogP contribution in [0.5, 0.6) is 11.5 Å². The fourth-order valence-corrected chi connectivity index (χ4v) is 10.9. The summed E-state index contributed by atoms with van der Waals surface area (Å²) in [5.74, 6) is 1.22. The van der Waals surface area contributed by atoms with Crippen molar-refractivity contribution >= 4 is 35.4 Å². The summed E-state index contributed by atoms with van der Waals surface area (Å²) in [4.78, 5) is 28.0. The van der Waals surface area contributed by atoms with Crippen LogP contribution in [0.2, 0.25) is 0 Å². The summed E-state index contributed by atoms with van der Waals surface area (Å²) in [6.07, 6.45) is -0.870. The first-order chi connectivity index (χ1) is 26.1. The molecule has 1 N–H and O–H groups in total. The van der Waals surface area contributed by atoms with Crippen LogP contribution in [-0.4, -0.2) is 63.2 Å². The molecule has 0 bridgehead atoms. The highest BCUT2D eigenvalue weighted by Crippen LogP contribution is 2.55. The zero-order valence-corrected chi connectivity index (χ0v) is 37.8. The molecule has 2 aliphatic heterocycles. The zero-order chi connectivity index (χ0) is 42.5. The molecule has 57 heavy (non-hydrogen) atoms. The molecule has 0 radical (unpaired) electrons. The molecule has 3 heterocycles. The molecular weight excluding hydrogens is 766 g/mol. The number of amides is 1. The first kappa shape index (κ1) is 45.0. The van der Waals surface area contributed by atoms with E-state index in [1.165, 1.54) is 0 Å². The van der Waals surface area contributed by atoms with Gasteiger partial charge in [-0.25, -0.2) is 9.97 Å². The SMILES string of the molecule is COc1c(C(C)(C)C)cc(SC2(Sc3cc(C(C)(C)C)c(O)c(C(C)(C)C)c3)CCN(C(=O)C3CCN(c4nccc(C(F)(F)F)n4)CC3)CC2)cc1C(C)(C)C. The standard InChI is InChI=1S/C45H63F3N4O3S2/c1-40(2,3)31-24-29(25-32(36(31)53)41(4,5)6)56-44(57-30-26-33(42(7,8)9)37(55-13)34(27-30)43(10,11)12)17-22-51(23-18-44)38(54)28-15-20-52(21-16-28)39-49-19-14-35(50-39)45(46,47)48/h14,19,24-28,53H,15-18,20-23H2,1-13H3. The van der Waals surface area contributed by atoms with E-state index in [0.29, 0.717) is 44.8 Å². The van der Waals surface area contributed by atoms with Gasteiger partial charge in [-0.2, -0.15) is 13.2 Å². The number of aromatic nitrogens is 2. The molecular formula is C45H63F3N4O3S2. The Labute approximate surface area is 347 Å². The third-order valence-corrected chi connectivity index (χ3v) is 14.1. The molecule has 2 saturated heterocycles. The summed E-state index contributed by atoms with van der Waals surface area (Å²) in [6, 6.07) is 9.78. The molecule has 0 unspecified atom stereocenters. The van der Waals surface area contributed by atoms with E-state index in [0.717, 1.165) is 62.9 Å². The number of nitrogens with zero attached hydrogens (tertiary/aromatic N) is 4. The normalized spacial score (nSPS) is 17.5. The summed E-state index contributed by atoms with van der Waals surface area (Å²) >= 11 is 3.72. The Kier molecular flexibility index (Phi) is 12.7. The third-order valence-electron chi connectivity index (χ3n) is 11.1. The molecule has 5 rings (SSSR count). The van der Waals surface area contributed by atoms with Crippen molar-refractivity contribution in [3.8, 4) is 11.5 Å². The van der Waals surface area contributed by atoms with Crippen LogP contribution >= 0.6 is 23.5 Å². The number of hydrogen-bond acceptors (Lipinski definition) is 8. The van der Waals surface area contributed by atoms with Gasteiger partial charge in [-0.3, -0.25) is 4.79 Å². The van der Waals surface area contributed by atoms with Crippen molar-refractivity contribution in [1.29, 1.82) is 0 Å². The van der Waals surface area contributed by atoms with E-state index in [-0.39, 0.29) is 43.5 Å². The average molecular weight is 829 g/mol. The number of phenols is 1. The van der Waals surface area contributed by atoms with Crippen LogP contribution < -0.4 is 9.64 Å². The maximum absolute atomic E-state index is 14.1. The van der Waals surface area contributed by atoms with E-state index in [2.05, 4.69) is 117 Å². The second kappa shape index (κ2) is 16.1. The van der Waals surface area contributed by atoms with Gasteiger partial charge < -0.3 is 19.6 Å². The number of aromatic hydroxyl groups is 1. The first-order valence-electron chi connectivity index (χ1n) is 20.1. The molecule has 314 valence electrons. The summed E-state index contributed by atoms with van der Waals surface area (Å²) < 4.78 is 45.8. The topological polar surface area (TPSA) is 78.8 Å². The van der Waals surface area contributed by atoms with Gasteiger partial charge in [0.1, 0.15) is 17.2 Å². The van der Waals surface area contributed by atoms with Crippen LogP contribution in [0.4, 0.5) is 19.1 Å². The summed E-state index contributed by atoms with van der Waals surface area (Å²) in [7, 11) is 1.75. The van der Waals surface area contributed by atoms with Gasteiger partial charge in [0.25, 0.3) is 0 Å². The van der Waals surface area contributed by atoms with Crippen LogP contribution in [0, 0.1) is 5.92 Å². The highest BCUT2D eigenvalue weighted by Gasteiger charge is 2.42. The number of methoxy groups -OCH3 is 1. The summed E-state index contributed by atoms with van der Waals surface area (Å²) in [5, 5.41) is 11.6. The lowest BCUT2D eigenvalue weighted by Crippen LogP contribution is -2.48. The number of thioether (sulfide) groups is 2. The average Bonchev–Trinajstić information content (AvgIpc) is 3.10. The second-order valence-electron chi connectivity index (χ2n) is 19.9. The van der Waals surface area contributed by atoms with Crippen LogP contribution in [0.15, 0.2) is 46.3 Å². The number of carbonyl (C=O) groups is 1. The van der Waals surface area contributed by atoms with Crippen molar-refractivity contribution in [3.63, 3.8) is 0 Å².